The van der Waals surface area contributed by atoms with Gasteiger partial charge in [-0.15, -0.1) is 12.4 Å². The molecule has 6 heteroatoms. The summed E-state index contributed by atoms with van der Waals surface area (Å²) < 4.78 is 19.5. The largest absolute Gasteiger partial charge is 0.489 e. The van der Waals surface area contributed by atoms with Gasteiger partial charge >= 0.3 is 0 Å². The first-order valence-electron chi connectivity index (χ1n) is 5.94. The summed E-state index contributed by atoms with van der Waals surface area (Å²) in [6.07, 6.45) is 2.38. The van der Waals surface area contributed by atoms with Gasteiger partial charge < -0.3 is 10.5 Å². The van der Waals surface area contributed by atoms with Crippen molar-refractivity contribution in [3.8, 4) is 17.0 Å². The van der Waals surface area contributed by atoms with E-state index in [1.807, 2.05) is 43.6 Å². The molecular weight excluding hydrogens is 281 g/mol. The Labute approximate surface area is 123 Å². The van der Waals surface area contributed by atoms with Crippen LogP contribution in [0, 0.1) is 0 Å². The van der Waals surface area contributed by atoms with Crippen LogP contribution in [0.15, 0.2) is 48.4 Å². The zero-order valence-corrected chi connectivity index (χ0v) is 11.9. The Morgan fingerprint density at radius 2 is 2.05 bits per heavy atom. The maximum Gasteiger partial charge on any atom is 0.119 e. The van der Waals surface area contributed by atoms with Crippen LogP contribution in [-0.4, -0.2) is 22.9 Å². The van der Waals surface area contributed by atoms with Crippen LogP contribution in [0.2, 0.25) is 0 Å². The van der Waals surface area contributed by atoms with Crippen LogP contribution in [0.4, 0.5) is 4.39 Å². The zero-order chi connectivity index (χ0) is 13.7. The van der Waals surface area contributed by atoms with E-state index < -0.39 is 0 Å². The van der Waals surface area contributed by atoms with E-state index >= 15 is 0 Å². The third kappa shape index (κ3) is 4.08. The van der Waals surface area contributed by atoms with Gasteiger partial charge in [-0.2, -0.15) is 5.10 Å². The first-order valence-corrected chi connectivity index (χ1v) is 5.94. The van der Waals surface area contributed by atoms with Crippen LogP contribution >= 0.6 is 12.4 Å². The number of aromatic nitrogens is 2. The highest BCUT2D eigenvalue weighted by atomic mass is 35.5. The molecule has 0 aliphatic rings. The third-order valence-corrected chi connectivity index (χ3v) is 2.70. The van der Waals surface area contributed by atoms with Gasteiger partial charge in [0.1, 0.15) is 12.4 Å². The number of rotatable bonds is 5. The van der Waals surface area contributed by atoms with Crippen LogP contribution in [0.25, 0.3) is 11.3 Å². The molecule has 108 valence electrons. The second kappa shape index (κ2) is 7.67. The van der Waals surface area contributed by atoms with Crippen LogP contribution in [0.3, 0.4) is 0 Å². The molecule has 0 unspecified atom stereocenters. The van der Waals surface area contributed by atoms with E-state index in [0.29, 0.717) is 17.7 Å². The number of aryl methyl sites for hydroxylation is 1. The normalized spacial score (nSPS) is 11.1. The van der Waals surface area contributed by atoms with Crippen molar-refractivity contribution in [2.45, 2.75) is 0 Å². The first kappa shape index (κ1) is 16.2. The molecule has 2 aromatic rings. The van der Waals surface area contributed by atoms with Gasteiger partial charge in [-0.25, -0.2) is 4.39 Å². The third-order valence-electron chi connectivity index (χ3n) is 2.70. The zero-order valence-electron chi connectivity index (χ0n) is 11.1. The van der Waals surface area contributed by atoms with Crippen molar-refractivity contribution in [2.75, 3.05) is 13.2 Å². The Morgan fingerprint density at radius 3 is 2.55 bits per heavy atom. The Bertz CT molecular complexity index is 566. The standard InChI is InChI=1S/C14H16FN3O.ClH/c1-18-7-6-14(17-18)12-2-4-13(5-3-12)19-10-11(8-15)9-16;/h2-8H,9-10,16H2,1H3;1H/b11-8-;. The van der Waals surface area contributed by atoms with Gasteiger partial charge in [0.05, 0.1) is 12.0 Å². The molecule has 1 aromatic heterocycles. The fraction of sp³-hybridized carbons (Fsp3) is 0.214. The predicted molar refractivity (Wildman–Crippen MR) is 79.6 cm³/mol. The molecule has 0 amide bonds. The fourth-order valence-electron chi connectivity index (χ4n) is 1.60. The van der Waals surface area contributed by atoms with Crippen LogP contribution in [0.1, 0.15) is 0 Å². The van der Waals surface area contributed by atoms with Crippen LogP contribution in [0.5, 0.6) is 5.75 Å². The van der Waals surface area contributed by atoms with Gasteiger partial charge in [-0.3, -0.25) is 4.68 Å². The number of ether oxygens (including phenoxy) is 1. The van der Waals surface area contributed by atoms with E-state index in [1.54, 1.807) is 4.68 Å². The second-order valence-electron chi connectivity index (χ2n) is 4.16. The molecule has 1 heterocycles. The van der Waals surface area contributed by atoms with E-state index in [0.717, 1.165) is 11.3 Å². The molecule has 0 fully saturated rings. The molecule has 2 rings (SSSR count). The summed E-state index contributed by atoms with van der Waals surface area (Å²) in [5.41, 5.74) is 7.69. The maximum atomic E-state index is 12.3. The molecule has 0 bridgehead atoms. The molecule has 0 saturated carbocycles. The summed E-state index contributed by atoms with van der Waals surface area (Å²) in [6.45, 7) is 0.318. The lowest BCUT2D eigenvalue weighted by atomic mass is 10.1. The molecule has 0 aliphatic carbocycles. The van der Waals surface area contributed by atoms with Crippen molar-refractivity contribution >= 4 is 12.4 Å². The molecule has 0 radical (unpaired) electrons. The lowest BCUT2D eigenvalue weighted by Gasteiger charge is -2.07. The van der Waals surface area contributed by atoms with Crippen molar-refractivity contribution in [1.82, 2.24) is 9.78 Å². The van der Waals surface area contributed by atoms with Crippen molar-refractivity contribution in [1.29, 1.82) is 0 Å². The Morgan fingerprint density at radius 1 is 1.35 bits per heavy atom. The Hall–Kier alpha value is -1.85. The van der Waals surface area contributed by atoms with E-state index in [9.17, 15) is 4.39 Å². The van der Waals surface area contributed by atoms with Gasteiger partial charge in [-0.05, 0) is 30.3 Å². The average molecular weight is 298 g/mol. The molecule has 0 aliphatic heterocycles. The molecule has 0 atom stereocenters. The quantitative estimate of drug-likeness (QED) is 0.923. The van der Waals surface area contributed by atoms with Crippen LogP contribution in [-0.2, 0) is 7.05 Å². The van der Waals surface area contributed by atoms with Crippen molar-refractivity contribution in [2.24, 2.45) is 12.8 Å². The van der Waals surface area contributed by atoms with E-state index in [-0.39, 0.29) is 25.6 Å². The summed E-state index contributed by atoms with van der Waals surface area (Å²) in [6, 6.07) is 9.43. The average Bonchev–Trinajstić information content (AvgIpc) is 2.87. The molecule has 0 spiro atoms. The number of nitrogens with zero attached hydrogens (tertiary/aromatic N) is 2. The van der Waals surface area contributed by atoms with E-state index in [4.69, 9.17) is 10.5 Å². The molecule has 0 saturated heterocycles. The number of benzene rings is 1. The summed E-state index contributed by atoms with van der Waals surface area (Å²) in [5.74, 6) is 0.674. The predicted octanol–water partition coefficient (Wildman–Crippen LogP) is 2.70. The summed E-state index contributed by atoms with van der Waals surface area (Å²) in [4.78, 5) is 0. The van der Waals surface area contributed by atoms with Gasteiger partial charge in [0.25, 0.3) is 0 Å². The van der Waals surface area contributed by atoms with Crippen molar-refractivity contribution in [3.63, 3.8) is 0 Å². The lowest BCUT2D eigenvalue weighted by molar-refractivity contribution is 0.347. The number of hydrogen-bond acceptors (Lipinski definition) is 3. The first-order chi connectivity index (χ1) is 9.22. The molecule has 20 heavy (non-hydrogen) atoms. The number of halogens is 2. The molecular formula is C14H17ClFN3O. The minimum absolute atomic E-state index is 0. The van der Waals surface area contributed by atoms with Gasteiger partial charge in [0.2, 0.25) is 0 Å². The Kier molecular flexibility index (Phi) is 6.21. The van der Waals surface area contributed by atoms with E-state index in [1.165, 1.54) is 0 Å². The fourth-order valence-corrected chi connectivity index (χ4v) is 1.60. The monoisotopic (exact) mass is 297 g/mol. The molecule has 4 nitrogen and oxygen atoms in total. The van der Waals surface area contributed by atoms with Gasteiger partial charge in [0.15, 0.2) is 0 Å². The second-order valence-corrected chi connectivity index (χ2v) is 4.16. The lowest BCUT2D eigenvalue weighted by Crippen LogP contribution is -2.10. The van der Waals surface area contributed by atoms with E-state index in [2.05, 4.69) is 5.10 Å². The highest BCUT2D eigenvalue weighted by Crippen LogP contribution is 2.20. The summed E-state index contributed by atoms with van der Waals surface area (Å²) in [7, 11) is 1.87. The highest BCUT2D eigenvalue weighted by Gasteiger charge is 2.02. The summed E-state index contributed by atoms with van der Waals surface area (Å²) in [5, 5.41) is 4.31. The van der Waals surface area contributed by atoms with Gasteiger partial charge in [-0.1, -0.05) is 0 Å². The molecule has 1 aromatic carbocycles. The van der Waals surface area contributed by atoms with Crippen LogP contribution < -0.4 is 10.5 Å². The Balaban J connectivity index is 0.00000200. The topological polar surface area (TPSA) is 53.1 Å². The van der Waals surface area contributed by atoms with Gasteiger partial charge in [0, 0.05) is 30.9 Å². The van der Waals surface area contributed by atoms with Crippen molar-refractivity contribution < 1.29 is 9.13 Å². The smallest absolute Gasteiger partial charge is 0.119 e. The minimum atomic E-state index is 0. The van der Waals surface area contributed by atoms with Crippen molar-refractivity contribution in [3.05, 3.63) is 48.4 Å². The summed E-state index contributed by atoms with van der Waals surface area (Å²) >= 11 is 0. The SMILES string of the molecule is Cl.Cn1ccc(-c2ccc(OC/C(=C\F)CN)cc2)n1. The number of hydrogen-bond donors (Lipinski definition) is 1. The molecule has 2 N–H and O–H groups in total. The maximum absolute atomic E-state index is 12.3. The highest BCUT2D eigenvalue weighted by molar-refractivity contribution is 5.85. The number of nitrogens with two attached hydrogens (primary N) is 1. The minimum Gasteiger partial charge on any atom is -0.489 e.